The molecule has 3 aliphatic rings. The first-order chi connectivity index (χ1) is 20.0. The molecule has 0 amide bonds. The van der Waals surface area contributed by atoms with E-state index < -0.39 is 65.7 Å². The second-order valence-electron chi connectivity index (χ2n) is 13.5. The summed E-state index contributed by atoms with van der Waals surface area (Å²) in [6.45, 7) is 11.3. The number of fused-ring (bicyclic) bond motifs is 2. The van der Waals surface area contributed by atoms with Crippen LogP contribution in [0.5, 0.6) is 5.75 Å². The molecule has 3 saturated heterocycles. The molecular formula is C32H47ClO10. The maximum atomic E-state index is 13.2. The summed E-state index contributed by atoms with van der Waals surface area (Å²) in [7, 11) is 1.61. The van der Waals surface area contributed by atoms with Crippen molar-refractivity contribution in [1.29, 1.82) is 0 Å². The Hall–Kier alpha value is -1.95. The maximum Gasteiger partial charge on any atom is 0.311 e. The second-order valence-corrected chi connectivity index (χ2v) is 13.9. The first-order valence-electron chi connectivity index (χ1n) is 15.2. The van der Waals surface area contributed by atoms with E-state index in [1.54, 1.807) is 19.2 Å². The predicted octanol–water partition coefficient (Wildman–Crippen LogP) is 5.04. The highest BCUT2D eigenvalue weighted by Gasteiger charge is 2.64. The average Bonchev–Trinajstić information content (AvgIpc) is 2.90. The number of aliphatic hydroxyl groups excluding tert-OH is 1. The zero-order valence-corrected chi connectivity index (χ0v) is 26.9. The summed E-state index contributed by atoms with van der Waals surface area (Å²) in [5, 5.41) is 32.4. The van der Waals surface area contributed by atoms with Gasteiger partial charge < -0.3 is 39.0 Å². The van der Waals surface area contributed by atoms with Crippen LogP contribution in [0, 0.1) is 23.2 Å². The zero-order valence-electron chi connectivity index (χ0n) is 26.2. The Kier molecular flexibility index (Phi) is 10.1. The number of aromatic hydroxyl groups is 1. The van der Waals surface area contributed by atoms with Crippen LogP contribution in [-0.2, 0) is 33.3 Å². The summed E-state index contributed by atoms with van der Waals surface area (Å²) >= 11 is 6.00. The molecule has 0 aliphatic carbocycles. The van der Waals surface area contributed by atoms with Crippen molar-refractivity contribution in [2.45, 2.75) is 122 Å². The van der Waals surface area contributed by atoms with Gasteiger partial charge in [0.25, 0.3) is 0 Å². The SMILES string of the molecule is CO[C@@H](CC[C@H](C)[C@H]1O[C@@]23C[C@H](OC(=O)C[C@H]([C@@H](C)O)OC(=O)C[C@](O)(O2)[C@H](C)CC3(C)C)[C@@H]1C)c1ccc(Cl)c(O)c1. The number of ether oxygens (including phenoxy) is 5. The lowest BCUT2D eigenvalue weighted by atomic mass is 9.66. The van der Waals surface area contributed by atoms with Crippen molar-refractivity contribution in [3.05, 3.63) is 28.8 Å². The van der Waals surface area contributed by atoms with Crippen LogP contribution in [0.4, 0.5) is 0 Å². The number of benzene rings is 1. The van der Waals surface area contributed by atoms with Gasteiger partial charge in [-0.1, -0.05) is 52.3 Å². The summed E-state index contributed by atoms with van der Waals surface area (Å²) in [5.74, 6) is -5.40. The lowest BCUT2D eigenvalue weighted by Gasteiger charge is -2.61. The largest absolute Gasteiger partial charge is 0.506 e. The van der Waals surface area contributed by atoms with Crippen molar-refractivity contribution in [3.63, 3.8) is 0 Å². The van der Waals surface area contributed by atoms with Gasteiger partial charge in [0.1, 0.15) is 18.0 Å². The molecule has 3 aliphatic heterocycles. The monoisotopic (exact) mass is 626 g/mol. The molecule has 0 saturated carbocycles. The van der Waals surface area contributed by atoms with Gasteiger partial charge in [0.2, 0.25) is 0 Å². The quantitative estimate of drug-likeness (QED) is 0.353. The number of carbonyl (C=O) groups is 2. The van der Waals surface area contributed by atoms with Gasteiger partial charge in [0, 0.05) is 30.8 Å². The normalized spacial score (nSPS) is 36.7. The van der Waals surface area contributed by atoms with E-state index in [4.69, 9.17) is 35.3 Å². The fourth-order valence-electron chi connectivity index (χ4n) is 6.98. The Labute approximate surface area is 258 Å². The van der Waals surface area contributed by atoms with E-state index in [0.717, 1.165) is 5.56 Å². The Morgan fingerprint density at radius 3 is 2.42 bits per heavy atom. The number of rotatable bonds is 7. The first kappa shape index (κ1) is 33.9. The fraction of sp³-hybridized carbons (Fsp3) is 0.750. The van der Waals surface area contributed by atoms with Crippen molar-refractivity contribution in [1.82, 2.24) is 0 Å². The number of methoxy groups -OCH3 is 1. The van der Waals surface area contributed by atoms with Gasteiger partial charge in [0.15, 0.2) is 11.6 Å². The third-order valence-corrected chi connectivity index (χ3v) is 10.1. The highest BCUT2D eigenvalue weighted by atomic mass is 35.5. The van der Waals surface area contributed by atoms with E-state index >= 15 is 0 Å². The molecule has 11 heteroatoms. The second kappa shape index (κ2) is 12.8. The average molecular weight is 627 g/mol. The van der Waals surface area contributed by atoms with Gasteiger partial charge in [-0.25, -0.2) is 0 Å². The molecule has 3 heterocycles. The first-order valence-corrected chi connectivity index (χ1v) is 15.6. The summed E-state index contributed by atoms with van der Waals surface area (Å²) in [5.41, 5.74) is 0.176. The van der Waals surface area contributed by atoms with Crippen molar-refractivity contribution in [2.75, 3.05) is 7.11 Å². The topological polar surface area (TPSA) is 141 Å². The molecule has 0 radical (unpaired) electrons. The van der Waals surface area contributed by atoms with Crippen LogP contribution in [0.1, 0.15) is 91.7 Å². The van der Waals surface area contributed by atoms with Gasteiger partial charge in [-0.3, -0.25) is 9.59 Å². The molecular weight excluding hydrogens is 580 g/mol. The van der Waals surface area contributed by atoms with Crippen molar-refractivity contribution >= 4 is 23.5 Å². The Balaban J connectivity index is 1.66. The number of esters is 2. The molecule has 43 heavy (non-hydrogen) atoms. The van der Waals surface area contributed by atoms with Crippen molar-refractivity contribution in [2.24, 2.45) is 23.2 Å². The summed E-state index contributed by atoms with van der Waals surface area (Å²) in [6, 6.07) is 5.05. The highest BCUT2D eigenvalue weighted by molar-refractivity contribution is 6.32. The van der Waals surface area contributed by atoms with Crippen LogP contribution < -0.4 is 0 Å². The molecule has 3 N–H and O–H groups in total. The van der Waals surface area contributed by atoms with E-state index in [0.29, 0.717) is 19.3 Å². The van der Waals surface area contributed by atoms with Crippen LogP contribution in [0.15, 0.2) is 18.2 Å². The van der Waals surface area contributed by atoms with Gasteiger partial charge in [0.05, 0.1) is 36.2 Å². The Bertz CT molecular complexity index is 1170. The highest BCUT2D eigenvalue weighted by Crippen LogP contribution is 2.57. The minimum Gasteiger partial charge on any atom is -0.506 e. The van der Waals surface area contributed by atoms with Crippen molar-refractivity contribution < 1.29 is 48.6 Å². The number of aliphatic hydroxyl groups is 2. The minimum atomic E-state index is -1.89. The molecule has 0 aromatic heterocycles. The van der Waals surface area contributed by atoms with E-state index in [9.17, 15) is 24.9 Å². The standard InChI is InChI=1S/C32H47ClO10/c1-17(8-11-24(39-7)21-9-10-22(33)23(35)12-21)29-19(3)26-15-32(42-29)30(5,6)14-18(2)31(38,43-32)16-28(37)40-25(20(4)34)13-27(36)41-26/h9-10,12,17-20,24-26,29,34-35,38H,8,11,13-16H2,1-7H3/t17-,18+,19-,20+,24-,25+,26-,29+,31-,32-/m0/s1. The maximum absolute atomic E-state index is 13.2. The number of carbonyl (C=O) groups excluding carboxylic acids is 2. The van der Waals surface area contributed by atoms with E-state index in [1.807, 2.05) is 33.8 Å². The fourth-order valence-corrected chi connectivity index (χ4v) is 7.09. The molecule has 1 aromatic rings. The molecule has 0 unspecified atom stereocenters. The van der Waals surface area contributed by atoms with Gasteiger partial charge in [-0.2, -0.15) is 0 Å². The number of phenolic OH excluding ortho intramolecular Hbond substituents is 1. The molecule has 1 spiro atoms. The van der Waals surface area contributed by atoms with Crippen molar-refractivity contribution in [3.8, 4) is 5.75 Å². The molecule has 10 atom stereocenters. The molecule has 4 rings (SSSR count). The molecule has 3 bridgehead atoms. The van der Waals surface area contributed by atoms with E-state index in [-0.39, 0.29) is 41.6 Å². The number of cyclic esters (lactones) is 1. The van der Waals surface area contributed by atoms with Gasteiger partial charge in [-0.05, 0) is 49.8 Å². The van der Waals surface area contributed by atoms with Crippen LogP contribution in [0.25, 0.3) is 0 Å². The smallest absolute Gasteiger partial charge is 0.311 e. The van der Waals surface area contributed by atoms with Gasteiger partial charge >= 0.3 is 11.9 Å². The summed E-state index contributed by atoms with van der Waals surface area (Å²) < 4.78 is 30.6. The predicted molar refractivity (Wildman–Crippen MR) is 157 cm³/mol. The number of hydrogen-bond donors (Lipinski definition) is 3. The third-order valence-electron chi connectivity index (χ3n) is 9.80. The summed E-state index contributed by atoms with van der Waals surface area (Å²) in [6.07, 6.45) is -2.49. The van der Waals surface area contributed by atoms with Crippen LogP contribution in [0.3, 0.4) is 0 Å². The lowest BCUT2D eigenvalue weighted by Crippen LogP contribution is -2.68. The molecule has 3 fully saturated rings. The third kappa shape index (κ3) is 6.99. The minimum absolute atomic E-state index is 0.0154. The Morgan fingerprint density at radius 2 is 1.79 bits per heavy atom. The van der Waals surface area contributed by atoms with Gasteiger partial charge in [-0.15, -0.1) is 0 Å². The Morgan fingerprint density at radius 1 is 1.09 bits per heavy atom. The number of halogens is 1. The van der Waals surface area contributed by atoms with E-state index in [2.05, 4.69) is 6.92 Å². The molecule has 10 nitrogen and oxygen atoms in total. The van der Waals surface area contributed by atoms with Crippen LogP contribution in [-0.4, -0.2) is 70.4 Å². The lowest BCUT2D eigenvalue weighted by molar-refractivity contribution is -0.452. The zero-order chi connectivity index (χ0) is 31.9. The molecule has 242 valence electrons. The van der Waals surface area contributed by atoms with E-state index in [1.165, 1.54) is 6.92 Å². The number of phenols is 1. The van der Waals surface area contributed by atoms with Crippen LogP contribution in [0.2, 0.25) is 5.02 Å². The number of hydrogen-bond acceptors (Lipinski definition) is 10. The molecule has 1 aromatic carbocycles. The summed E-state index contributed by atoms with van der Waals surface area (Å²) in [4.78, 5) is 26.1. The van der Waals surface area contributed by atoms with Crippen LogP contribution >= 0.6 is 11.6 Å².